The lowest BCUT2D eigenvalue weighted by Crippen LogP contribution is -2.49. The summed E-state index contributed by atoms with van der Waals surface area (Å²) in [5.41, 5.74) is 0. The molecule has 2 nitrogen and oxygen atoms in total. The summed E-state index contributed by atoms with van der Waals surface area (Å²) in [5, 5.41) is 3.76. The number of rotatable bonds is 6. The van der Waals surface area contributed by atoms with Crippen molar-refractivity contribution >= 4 is 0 Å². The molecule has 1 N–H and O–H groups in total. The number of nitrogens with one attached hydrogen (secondary N) is 1. The lowest BCUT2D eigenvalue weighted by atomic mass is 9.96. The van der Waals surface area contributed by atoms with Gasteiger partial charge in [-0.3, -0.25) is 0 Å². The fourth-order valence-electron chi connectivity index (χ4n) is 3.56. The molecule has 2 aliphatic heterocycles. The van der Waals surface area contributed by atoms with Gasteiger partial charge in [0.05, 0.1) is 0 Å². The van der Waals surface area contributed by atoms with Crippen LogP contribution in [0.3, 0.4) is 0 Å². The molecule has 0 aromatic carbocycles. The van der Waals surface area contributed by atoms with Crippen molar-refractivity contribution in [2.45, 2.75) is 77.4 Å². The Labute approximate surface area is 107 Å². The smallest absolute Gasteiger partial charge is 0.0125 e. The van der Waals surface area contributed by atoms with Gasteiger partial charge in [-0.25, -0.2) is 0 Å². The quantitative estimate of drug-likeness (QED) is 0.765. The van der Waals surface area contributed by atoms with E-state index in [1.54, 1.807) is 0 Å². The minimum absolute atomic E-state index is 0.829. The molecule has 2 fully saturated rings. The fourth-order valence-corrected chi connectivity index (χ4v) is 3.56. The Morgan fingerprint density at radius 1 is 1.18 bits per heavy atom. The normalized spacial score (nSPS) is 34.2. The van der Waals surface area contributed by atoms with E-state index < -0.39 is 0 Å². The van der Waals surface area contributed by atoms with Crippen molar-refractivity contribution in [1.82, 2.24) is 10.2 Å². The van der Waals surface area contributed by atoms with E-state index in [1.165, 1.54) is 51.6 Å². The topological polar surface area (TPSA) is 15.3 Å². The first-order chi connectivity index (χ1) is 8.22. The second-order valence-corrected chi connectivity index (χ2v) is 6.27. The Hall–Kier alpha value is -0.0800. The van der Waals surface area contributed by atoms with Crippen molar-refractivity contribution in [3.63, 3.8) is 0 Å². The minimum Gasteiger partial charge on any atom is -0.311 e. The third-order valence-corrected chi connectivity index (χ3v) is 4.72. The van der Waals surface area contributed by atoms with Crippen molar-refractivity contribution in [3.8, 4) is 0 Å². The molecule has 0 aromatic heterocycles. The van der Waals surface area contributed by atoms with Crippen LogP contribution in [0, 0.1) is 5.92 Å². The molecular formula is C15H30N2. The molecule has 3 unspecified atom stereocenters. The van der Waals surface area contributed by atoms with E-state index in [4.69, 9.17) is 0 Å². The van der Waals surface area contributed by atoms with Crippen LogP contribution in [0.15, 0.2) is 0 Å². The third kappa shape index (κ3) is 3.45. The minimum atomic E-state index is 0.829. The maximum absolute atomic E-state index is 3.76. The zero-order valence-electron chi connectivity index (χ0n) is 11.9. The van der Waals surface area contributed by atoms with Gasteiger partial charge in [0.2, 0.25) is 0 Å². The Morgan fingerprint density at radius 2 is 1.82 bits per heavy atom. The van der Waals surface area contributed by atoms with Gasteiger partial charge in [-0.1, -0.05) is 27.2 Å². The number of hydrogen-bond acceptors (Lipinski definition) is 2. The third-order valence-electron chi connectivity index (χ3n) is 4.72. The van der Waals surface area contributed by atoms with Gasteiger partial charge in [0.25, 0.3) is 0 Å². The summed E-state index contributed by atoms with van der Waals surface area (Å²) in [4.78, 5) is 2.79. The van der Waals surface area contributed by atoms with E-state index in [0.29, 0.717) is 0 Å². The highest BCUT2D eigenvalue weighted by molar-refractivity contribution is 4.95. The Bertz CT molecular complexity index is 217. The molecule has 2 aliphatic rings. The summed E-state index contributed by atoms with van der Waals surface area (Å²) in [6.07, 6.45) is 8.25. The SMILES string of the molecule is CCCN(CC(C)CC)C1CC2CCC(C1)N2. The summed E-state index contributed by atoms with van der Waals surface area (Å²) in [6.45, 7) is 9.65. The first-order valence-electron chi connectivity index (χ1n) is 7.73. The number of fused-ring (bicyclic) bond motifs is 2. The highest BCUT2D eigenvalue weighted by Gasteiger charge is 2.35. The van der Waals surface area contributed by atoms with E-state index in [9.17, 15) is 0 Å². The molecule has 2 bridgehead atoms. The van der Waals surface area contributed by atoms with Crippen molar-refractivity contribution in [3.05, 3.63) is 0 Å². The lowest BCUT2D eigenvalue weighted by molar-refractivity contribution is 0.123. The van der Waals surface area contributed by atoms with Crippen LogP contribution in [0.4, 0.5) is 0 Å². The van der Waals surface area contributed by atoms with Gasteiger partial charge in [0.15, 0.2) is 0 Å². The highest BCUT2D eigenvalue weighted by atomic mass is 15.2. The van der Waals surface area contributed by atoms with Gasteiger partial charge in [0, 0.05) is 24.7 Å². The average Bonchev–Trinajstić information content (AvgIpc) is 2.67. The molecule has 2 rings (SSSR count). The molecule has 2 heteroatoms. The monoisotopic (exact) mass is 238 g/mol. The molecule has 100 valence electrons. The molecule has 17 heavy (non-hydrogen) atoms. The molecule has 0 spiro atoms. The van der Waals surface area contributed by atoms with Crippen LogP contribution >= 0.6 is 0 Å². The second kappa shape index (κ2) is 6.19. The fraction of sp³-hybridized carbons (Fsp3) is 1.00. The van der Waals surface area contributed by atoms with Crippen molar-refractivity contribution in [1.29, 1.82) is 0 Å². The van der Waals surface area contributed by atoms with Crippen LogP contribution in [0.1, 0.15) is 59.3 Å². The maximum Gasteiger partial charge on any atom is 0.0125 e. The highest BCUT2D eigenvalue weighted by Crippen LogP contribution is 2.30. The van der Waals surface area contributed by atoms with Gasteiger partial charge < -0.3 is 10.2 Å². The van der Waals surface area contributed by atoms with E-state index >= 15 is 0 Å². The Balaban J connectivity index is 1.90. The average molecular weight is 238 g/mol. The molecular weight excluding hydrogens is 208 g/mol. The zero-order chi connectivity index (χ0) is 12.3. The van der Waals surface area contributed by atoms with E-state index in [1.807, 2.05) is 0 Å². The summed E-state index contributed by atoms with van der Waals surface area (Å²) in [7, 11) is 0. The molecule has 2 saturated heterocycles. The van der Waals surface area contributed by atoms with E-state index in [2.05, 4.69) is 31.0 Å². The maximum atomic E-state index is 3.76. The predicted octanol–water partition coefficient (Wildman–Crippen LogP) is 3.03. The molecule has 0 aliphatic carbocycles. The molecule has 3 atom stereocenters. The molecule has 0 aromatic rings. The lowest BCUT2D eigenvalue weighted by Gasteiger charge is -2.39. The zero-order valence-corrected chi connectivity index (χ0v) is 11.9. The Morgan fingerprint density at radius 3 is 2.35 bits per heavy atom. The van der Waals surface area contributed by atoms with Crippen LogP contribution in [-0.2, 0) is 0 Å². The summed E-state index contributed by atoms with van der Waals surface area (Å²) in [6, 6.07) is 2.52. The molecule has 0 amide bonds. The van der Waals surface area contributed by atoms with Crippen LogP contribution in [0.2, 0.25) is 0 Å². The first-order valence-corrected chi connectivity index (χ1v) is 7.73. The van der Waals surface area contributed by atoms with E-state index in [-0.39, 0.29) is 0 Å². The van der Waals surface area contributed by atoms with Gasteiger partial charge in [-0.2, -0.15) is 0 Å². The van der Waals surface area contributed by atoms with Gasteiger partial charge in [-0.05, 0) is 44.6 Å². The number of hydrogen-bond donors (Lipinski definition) is 1. The van der Waals surface area contributed by atoms with Crippen LogP contribution < -0.4 is 5.32 Å². The van der Waals surface area contributed by atoms with Gasteiger partial charge in [0.1, 0.15) is 0 Å². The van der Waals surface area contributed by atoms with Crippen molar-refractivity contribution < 1.29 is 0 Å². The first kappa shape index (κ1) is 13.4. The summed E-state index contributed by atoms with van der Waals surface area (Å²) < 4.78 is 0. The van der Waals surface area contributed by atoms with Gasteiger partial charge in [-0.15, -0.1) is 0 Å². The largest absolute Gasteiger partial charge is 0.311 e. The van der Waals surface area contributed by atoms with Crippen molar-refractivity contribution in [2.75, 3.05) is 13.1 Å². The standard InChI is InChI=1S/C15H30N2/c1-4-8-17(11-12(3)5-2)15-9-13-6-7-14(10-15)16-13/h12-16H,4-11H2,1-3H3. The molecule has 2 heterocycles. The second-order valence-electron chi connectivity index (χ2n) is 6.27. The predicted molar refractivity (Wildman–Crippen MR) is 74.3 cm³/mol. The number of piperidine rings is 1. The van der Waals surface area contributed by atoms with Crippen molar-refractivity contribution in [2.24, 2.45) is 5.92 Å². The van der Waals surface area contributed by atoms with Crippen LogP contribution in [0.5, 0.6) is 0 Å². The van der Waals surface area contributed by atoms with Gasteiger partial charge >= 0.3 is 0 Å². The summed E-state index contributed by atoms with van der Waals surface area (Å²) >= 11 is 0. The van der Waals surface area contributed by atoms with Crippen LogP contribution in [-0.4, -0.2) is 36.1 Å². The molecule has 0 saturated carbocycles. The number of nitrogens with zero attached hydrogens (tertiary/aromatic N) is 1. The Kier molecular flexibility index (Phi) is 4.87. The van der Waals surface area contributed by atoms with Crippen LogP contribution in [0.25, 0.3) is 0 Å². The van der Waals surface area contributed by atoms with E-state index in [0.717, 1.165) is 24.0 Å². The molecule has 0 radical (unpaired) electrons. The summed E-state index contributed by atoms with van der Waals surface area (Å²) in [5.74, 6) is 0.856.